The van der Waals surface area contributed by atoms with Crippen LogP contribution < -0.4 is 11.2 Å². The van der Waals surface area contributed by atoms with Gasteiger partial charge in [-0.3, -0.25) is 23.9 Å². The molecule has 2 rings (SSSR count). The molecular formula is C13H14FIN2O7. The van der Waals surface area contributed by atoms with Crippen LogP contribution in [0.15, 0.2) is 15.8 Å². The lowest BCUT2D eigenvalue weighted by Gasteiger charge is -2.18. The number of carbonyl (C=O) groups excluding carboxylic acids is 2. The summed E-state index contributed by atoms with van der Waals surface area (Å²) in [7, 11) is 0. The van der Waals surface area contributed by atoms with Gasteiger partial charge in [0.05, 0.1) is 3.57 Å². The summed E-state index contributed by atoms with van der Waals surface area (Å²) in [5.41, 5.74) is -1.49. The zero-order valence-corrected chi connectivity index (χ0v) is 14.8. The Labute approximate surface area is 148 Å². The number of rotatable bonds is 4. The molecular weight excluding hydrogens is 442 g/mol. The maximum atomic E-state index is 14.7. The van der Waals surface area contributed by atoms with Gasteiger partial charge in [-0.2, -0.15) is 0 Å². The fourth-order valence-electron chi connectivity index (χ4n) is 2.23. The van der Waals surface area contributed by atoms with E-state index in [1.807, 2.05) is 4.98 Å². The number of nitrogens with zero attached hydrogens (tertiary/aromatic N) is 1. The highest BCUT2D eigenvalue weighted by Crippen LogP contribution is 2.33. The predicted octanol–water partition coefficient (Wildman–Crippen LogP) is -0.129. The van der Waals surface area contributed by atoms with E-state index in [0.717, 1.165) is 24.6 Å². The minimum absolute atomic E-state index is 0.149. The zero-order valence-electron chi connectivity index (χ0n) is 12.7. The lowest BCUT2D eigenvalue weighted by molar-refractivity contribution is -0.156. The average molecular weight is 456 g/mol. The van der Waals surface area contributed by atoms with Gasteiger partial charge in [-0.25, -0.2) is 9.18 Å². The smallest absolute Gasteiger partial charge is 0.330 e. The molecule has 1 N–H and O–H groups in total. The molecule has 24 heavy (non-hydrogen) atoms. The minimum Gasteiger partial charge on any atom is -0.463 e. The van der Waals surface area contributed by atoms with E-state index in [1.54, 1.807) is 22.6 Å². The summed E-state index contributed by atoms with van der Waals surface area (Å²) in [6.45, 7) is 1.91. The molecule has 0 unspecified atom stereocenters. The van der Waals surface area contributed by atoms with E-state index in [0.29, 0.717) is 0 Å². The number of nitrogens with one attached hydrogen (secondary N) is 1. The van der Waals surface area contributed by atoms with Gasteiger partial charge >= 0.3 is 17.6 Å². The Hall–Kier alpha value is -1.76. The third-order valence-electron chi connectivity index (χ3n) is 3.22. The first-order valence-corrected chi connectivity index (χ1v) is 7.89. The molecule has 132 valence electrons. The van der Waals surface area contributed by atoms with Crippen LogP contribution in [-0.2, 0) is 23.8 Å². The number of alkyl halides is 1. The van der Waals surface area contributed by atoms with Crippen LogP contribution in [0.1, 0.15) is 20.1 Å². The van der Waals surface area contributed by atoms with Crippen molar-refractivity contribution in [3.63, 3.8) is 0 Å². The molecule has 1 aliphatic heterocycles. The molecule has 1 aliphatic rings. The number of esters is 2. The van der Waals surface area contributed by atoms with Crippen LogP contribution in [0.2, 0.25) is 0 Å². The monoisotopic (exact) mass is 456 g/mol. The van der Waals surface area contributed by atoms with Crippen LogP contribution in [0.4, 0.5) is 4.39 Å². The zero-order chi connectivity index (χ0) is 18.0. The molecule has 0 aromatic carbocycles. The lowest BCUT2D eigenvalue weighted by atomic mass is 10.1. The van der Waals surface area contributed by atoms with Gasteiger partial charge < -0.3 is 14.2 Å². The Morgan fingerprint density at radius 3 is 2.62 bits per heavy atom. The van der Waals surface area contributed by atoms with Crippen molar-refractivity contribution >= 4 is 34.5 Å². The molecule has 1 saturated heterocycles. The Balaban J connectivity index is 2.33. The first-order valence-electron chi connectivity index (χ1n) is 6.81. The highest BCUT2D eigenvalue weighted by molar-refractivity contribution is 14.1. The van der Waals surface area contributed by atoms with Gasteiger partial charge in [0.2, 0.25) is 0 Å². The largest absolute Gasteiger partial charge is 0.463 e. The second-order valence-electron chi connectivity index (χ2n) is 5.03. The fourth-order valence-corrected chi connectivity index (χ4v) is 2.67. The summed E-state index contributed by atoms with van der Waals surface area (Å²) in [5, 5.41) is 0. The van der Waals surface area contributed by atoms with Crippen LogP contribution in [0.5, 0.6) is 0 Å². The fraction of sp³-hybridized carbons (Fsp3) is 0.538. The molecule has 0 radical (unpaired) electrons. The second kappa shape index (κ2) is 7.42. The number of ether oxygens (including phenoxy) is 3. The van der Waals surface area contributed by atoms with Crippen LogP contribution in [-0.4, -0.2) is 46.5 Å². The molecule has 0 amide bonds. The SMILES string of the molecule is CC(=O)OC[C@H]1O[C@@H](n2cc(I)c(=O)[nH]c2=O)[C@H](F)[C@@H]1OC(C)=O. The predicted molar refractivity (Wildman–Crippen MR) is 85.0 cm³/mol. The molecule has 0 spiro atoms. The molecule has 0 aliphatic carbocycles. The first kappa shape index (κ1) is 18.6. The highest BCUT2D eigenvalue weighted by atomic mass is 127. The van der Waals surface area contributed by atoms with Crippen LogP contribution in [0.3, 0.4) is 0 Å². The number of aromatic nitrogens is 2. The standard InChI is InChI=1S/C13H14FIN2O7/c1-5(18)22-4-8-10(23-6(2)19)9(14)12(24-8)17-3-7(15)11(20)16-13(17)21/h3,8-10,12H,4H2,1-2H3,(H,16,20,21)/t8-,9-,10-,12-/m1/s1. The van der Waals surface area contributed by atoms with Gasteiger partial charge in [-0.15, -0.1) is 0 Å². The van der Waals surface area contributed by atoms with Gasteiger partial charge in [0, 0.05) is 20.0 Å². The van der Waals surface area contributed by atoms with E-state index in [2.05, 4.69) is 0 Å². The Kier molecular flexibility index (Phi) is 5.74. The van der Waals surface area contributed by atoms with E-state index in [-0.39, 0.29) is 10.2 Å². The highest BCUT2D eigenvalue weighted by Gasteiger charge is 2.49. The van der Waals surface area contributed by atoms with Crippen molar-refractivity contribution in [2.45, 2.75) is 38.5 Å². The molecule has 0 bridgehead atoms. The number of halogens is 2. The third-order valence-corrected chi connectivity index (χ3v) is 3.99. The summed E-state index contributed by atoms with van der Waals surface area (Å²) >= 11 is 1.68. The van der Waals surface area contributed by atoms with Crippen molar-refractivity contribution < 1.29 is 28.2 Å². The van der Waals surface area contributed by atoms with Gasteiger partial charge in [-0.05, 0) is 22.6 Å². The second-order valence-corrected chi connectivity index (χ2v) is 6.19. The van der Waals surface area contributed by atoms with Crippen LogP contribution in [0, 0.1) is 3.57 Å². The quantitative estimate of drug-likeness (QED) is 0.496. The van der Waals surface area contributed by atoms with Gasteiger partial charge in [0.1, 0.15) is 12.7 Å². The summed E-state index contributed by atoms with van der Waals surface area (Å²) in [5.74, 6) is -1.36. The summed E-state index contributed by atoms with van der Waals surface area (Å²) in [6, 6.07) is 0. The van der Waals surface area contributed by atoms with Crippen molar-refractivity contribution in [3.8, 4) is 0 Å². The first-order chi connectivity index (χ1) is 11.2. The van der Waals surface area contributed by atoms with E-state index in [9.17, 15) is 23.6 Å². The normalized spacial score (nSPS) is 26.2. The summed E-state index contributed by atoms with van der Waals surface area (Å²) in [6.07, 6.45) is -4.64. The maximum Gasteiger partial charge on any atom is 0.330 e. The maximum absolute atomic E-state index is 14.7. The number of H-pyrrole nitrogens is 1. The number of hydrogen-bond donors (Lipinski definition) is 1. The van der Waals surface area contributed by atoms with Crippen molar-refractivity contribution in [1.82, 2.24) is 9.55 Å². The molecule has 1 fully saturated rings. The summed E-state index contributed by atoms with van der Waals surface area (Å²) < 4.78 is 30.8. The summed E-state index contributed by atoms with van der Waals surface area (Å²) in [4.78, 5) is 47.4. The molecule has 0 saturated carbocycles. The van der Waals surface area contributed by atoms with Crippen molar-refractivity contribution in [1.29, 1.82) is 0 Å². The van der Waals surface area contributed by atoms with Gasteiger partial charge in [-0.1, -0.05) is 0 Å². The number of carbonyl (C=O) groups is 2. The average Bonchev–Trinajstić information content (AvgIpc) is 2.77. The number of hydrogen-bond acceptors (Lipinski definition) is 7. The van der Waals surface area contributed by atoms with Crippen molar-refractivity contribution in [2.24, 2.45) is 0 Å². The Bertz CT molecular complexity index is 761. The lowest BCUT2D eigenvalue weighted by Crippen LogP contribution is -2.38. The number of aromatic amines is 1. The van der Waals surface area contributed by atoms with Crippen LogP contribution in [0.25, 0.3) is 0 Å². The van der Waals surface area contributed by atoms with Crippen molar-refractivity contribution in [3.05, 3.63) is 30.6 Å². The van der Waals surface area contributed by atoms with Gasteiger partial charge in [0.15, 0.2) is 18.5 Å². The topological polar surface area (TPSA) is 117 Å². The molecule has 1 aromatic heterocycles. The van der Waals surface area contributed by atoms with E-state index in [1.165, 1.54) is 0 Å². The Morgan fingerprint density at radius 1 is 1.38 bits per heavy atom. The van der Waals surface area contributed by atoms with E-state index in [4.69, 9.17) is 14.2 Å². The molecule has 11 heteroatoms. The van der Waals surface area contributed by atoms with Crippen LogP contribution >= 0.6 is 22.6 Å². The van der Waals surface area contributed by atoms with E-state index < -0.39 is 47.8 Å². The van der Waals surface area contributed by atoms with E-state index >= 15 is 0 Å². The van der Waals surface area contributed by atoms with Gasteiger partial charge in [0.25, 0.3) is 5.56 Å². The van der Waals surface area contributed by atoms with Crippen molar-refractivity contribution in [2.75, 3.05) is 6.61 Å². The minimum atomic E-state index is -1.89. The third kappa shape index (κ3) is 4.01. The Morgan fingerprint density at radius 2 is 2.04 bits per heavy atom. The molecule has 1 aromatic rings. The molecule has 9 nitrogen and oxygen atoms in total. The molecule has 4 atom stereocenters. The molecule has 2 heterocycles.